The van der Waals surface area contributed by atoms with Crippen LogP contribution in [0, 0.1) is 0 Å². The van der Waals surface area contributed by atoms with E-state index in [-0.39, 0.29) is 17.5 Å². The van der Waals surface area contributed by atoms with E-state index in [0.29, 0.717) is 0 Å². The van der Waals surface area contributed by atoms with Gasteiger partial charge in [0.05, 0.1) is 6.04 Å². The van der Waals surface area contributed by atoms with Crippen LogP contribution >= 0.6 is 0 Å². The molecule has 1 fully saturated rings. The number of hydrogen-bond donors (Lipinski definition) is 2. The van der Waals surface area contributed by atoms with Gasteiger partial charge in [-0.3, -0.25) is 4.79 Å². The summed E-state index contributed by atoms with van der Waals surface area (Å²) in [7, 11) is 0. The van der Waals surface area contributed by atoms with E-state index in [4.69, 9.17) is 0 Å². The second-order valence-corrected chi connectivity index (χ2v) is 5.88. The first kappa shape index (κ1) is 14.5. The highest BCUT2D eigenvalue weighted by Gasteiger charge is 2.22. The number of rotatable bonds is 5. The predicted molar refractivity (Wildman–Crippen MR) is 71.0 cm³/mol. The largest absolute Gasteiger partial charge is 0.341 e. The quantitative estimate of drug-likeness (QED) is 0.705. The molecule has 0 radical (unpaired) electrons. The summed E-state index contributed by atoms with van der Waals surface area (Å²) in [6.45, 7) is 12.0. The molecular weight excluding hydrogens is 214 g/mol. The Morgan fingerprint density at radius 2 is 1.82 bits per heavy atom. The molecule has 0 aliphatic carbocycles. The van der Waals surface area contributed by atoms with E-state index in [0.717, 1.165) is 39.0 Å². The van der Waals surface area contributed by atoms with Crippen LogP contribution in [-0.2, 0) is 4.79 Å². The van der Waals surface area contributed by atoms with Crippen LogP contribution in [0.15, 0.2) is 0 Å². The Kier molecular flexibility index (Phi) is 5.40. The Morgan fingerprint density at radius 1 is 1.24 bits per heavy atom. The predicted octanol–water partition coefficient (Wildman–Crippen LogP) is 0.975. The van der Waals surface area contributed by atoms with Gasteiger partial charge in [0.2, 0.25) is 5.91 Å². The van der Waals surface area contributed by atoms with Crippen molar-refractivity contribution in [3.05, 3.63) is 0 Å². The van der Waals surface area contributed by atoms with Crippen molar-refractivity contribution in [2.45, 2.75) is 52.1 Å². The minimum absolute atomic E-state index is 0.0603. The van der Waals surface area contributed by atoms with Crippen LogP contribution in [-0.4, -0.2) is 48.6 Å². The first-order valence-corrected chi connectivity index (χ1v) is 6.67. The van der Waals surface area contributed by atoms with Crippen molar-refractivity contribution in [1.82, 2.24) is 15.5 Å². The fourth-order valence-corrected chi connectivity index (χ4v) is 2.02. The summed E-state index contributed by atoms with van der Waals surface area (Å²) in [4.78, 5) is 13.9. The molecule has 100 valence electrons. The minimum Gasteiger partial charge on any atom is -0.341 e. The van der Waals surface area contributed by atoms with Crippen molar-refractivity contribution in [2.75, 3.05) is 26.2 Å². The van der Waals surface area contributed by atoms with E-state index in [1.54, 1.807) is 0 Å². The first-order chi connectivity index (χ1) is 7.90. The lowest BCUT2D eigenvalue weighted by Crippen LogP contribution is -2.47. The summed E-state index contributed by atoms with van der Waals surface area (Å²) >= 11 is 0. The molecule has 1 rings (SSSR count). The summed E-state index contributed by atoms with van der Waals surface area (Å²) in [6, 6.07) is -0.0603. The number of nitrogens with zero attached hydrogens (tertiary/aromatic N) is 1. The zero-order valence-corrected chi connectivity index (χ0v) is 11.7. The average molecular weight is 241 g/mol. The third-order valence-electron chi connectivity index (χ3n) is 3.02. The number of hydrogen-bond acceptors (Lipinski definition) is 3. The van der Waals surface area contributed by atoms with Gasteiger partial charge in [0.15, 0.2) is 0 Å². The zero-order valence-electron chi connectivity index (χ0n) is 11.7. The Labute approximate surface area is 105 Å². The Hall–Kier alpha value is -0.610. The fraction of sp³-hybridized carbons (Fsp3) is 0.923. The topological polar surface area (TPSA) is 44.4 Å². The maximum Gasteiger partial charge on any atom is 0.239 e. The molecule has 0 aromatic rings. The maximum atomic E-state index is 12.0. The number of carbonyl (C=O) groups is 1. The van der Waals surface area contributed by atoms with E-state index in [1.165, 1.54) is 0 Å². The summed E-state index contributed by atoms with van der Waals surface area (Å²) in [5.74, 6) is 0.248. The SMILES string of the molecule is CC(NCCNC(C)(C)C)C(=O)N1CCCC1. The van der Waals surface area contributed by atoms with Crippen molar-refractivity contribution in [1.29, 1.82) is 0 Å². The van der Waals surface area contributed by atoms with Crippen LogP contribution in [0.3, 0.4) is 0 Å². The lowest BCUT2D eigenvalue weighted by atomic mass is 10.1. The molecule has 0 aromatic heterocycles. The van der Waals surface area contributed by atoms with Gasteiger partial charge in [-0.2, -0.15) is 0 Å². The van der Waals surface area contributed by atoms with Crippen molar-refractivity contribution < 1.29 is 4.79 Å². The first-order valence-electron chi connectivity index (χ1n) is 6.67. The molecular formula is C13H27N3O. The molecule has 1 aliphatic rings. The number of nitrogens with one attached hydrogen (secondary N) is 2. The molecule has 0 aromatic carbocycles. The van der Waals surface area contributed by atoms with E-state index >= 15 is 0 Å². The summed E-state index contributed by atoms with van der Waals surface area (Å²) < 4.78 is 0. The Bertz CT molecular complexity index is 242. The summed E-state index contributed by atoms with van der Waals surface area (Å²) in [6.07, 6.45) is 2.31. The van der Waals surface area contributed by atoms with Gasteiger partial charge in [0.1, 0.15) is 0 Å². The van der Waals surface area contributed by atoms with Crippen LogP contribution in [0.5, 0.6) is 0 Å². The fourth-order valence-electron chi connectivity index (χ4n) is 2.02. The van der Waals surface area contributed by atoms with Crippen LogP contribution in [0.25, 0.3) is 0 Å². The molecule has 1 atom stereocenters. The molecule has 1 amide bonds. The second-order valence-electron chi connectivity index (χ2n) is 5.88. The van der Waals surface area contributed by atoms with E-state index in [1.807, 2.05) is 11.8 Å². The monoisotopic (exact) mass is 241 g/mol. The number of likely N-dealkylation sites (tertiary alicyclic amines) is 1. The highest BCUT2D eigenvalue weighted by atomic mass is 16.2. The lowest BCUT2D eigenvalue weighted by Gasteiger charge is -2.23. The Morgan fingerprint density at radius 3 is 2.35 bits per heavy atom. The smallest absolute Gasteiger partial charge is 0.239 e. The zero-order chi connectivity index (χ0) is 12.9. The van der Waals surface area contributed by atoms with Crippen molar-refractivity contribution in [3.8, 4) is 0 Å². The lowest BCUT2D eigenvalue weighted by molar-refractivity contribution is -0.131. The van der Waals surface area contributed by atoms with Gasteiger partial charge >= 0.3 is 0 Å². The van der Waals surface area contributed by atoms with Crippen LogP contribution in [0.4, 0.5) is 0 Å². The summed E-state index contributed by atoms with van der Waals surface area (Å²) in [5, 5.41) is 6.68. The van der Waals surface area contributed by atoms with Gasteiger partial charge in [-0.25, -0.2) is 0 Å². The average Bonchev–Trinajstić information content (AvgIpc) is 2.74. The normalized spacial score (nSPS) is 18.5. The van der Waals surface area contributed by atoms with Crippen molar-refractivity contribution >= 4 is 5.91 Å². The number of amides is 1. The van der Waals surface area contributed by atoms with Gasteiger partial charge in [-0.15, -0.1) is 0 Å². The Balaban J connectivity index is 2.16. The van der Waals surface area contributed by atoms with Crippen molar-refractivity contribution in [3.63, 3.8) is 0 Å². The third-order valence-corrected chi connectivity index (χ3v) is 3.02. The van der Waals surface area contributed by atoms with Crippen LogP contribution < -0.4 is 10.6 Å². The van der Waals surface area contributed by atoms with E-state index in [9.17, 15) is 4.79 Å². The molecule has 1 unspecified atom stereocenters. The molecule has 0 saturated carbocycles. The molecule has 1 heterocycles. The van der Waals surface area contributed by atoms with Gasteiger partial charge in [0.25, 0.3) is 0 Å². The molecule has 1 aliphatic heterocycles. The van der Waals surface area contributed by atoms with Gasteiger partial charge < -0.3 is 15.5 Å². The highest BCUT2D eigenvalue weighted by Crippen LogP contribution is 2.08. The molecule has 4 heteroatoms. The number of carbonyl (C=O) groups excluding carboxylic acids is 1. The molecule has 2 N–H and O–H groups in total. The highest BCUT2D eigenvalue weighted by molar-refractivity contribution is 5.81. The van der Waals surface area contributed by atoms with E-state index < -0.39 is 0 Å². The molecule has 4 nitrogen and oxygen atoms in total. The van der Waals surface area contributed by atoms with Crippen molar-refractivity contribution in [2.24, 2.45) is 0 Å². The molecule has 1 saturated heterocycles. The molecule has 0 spiro atoms. The van der Waals surface area contributed by atoms with Gasteiger partial charge in [0, 0.05) is 31.7 Å². The van der Waals surface area contributed by atoms with Crippen LogP contribution in [0.1, 0.15) is 40.5 Å². The standard InChI is InChI=1S/C13H27N3O/c1-11(12(17)16-9-5-6-10-16)14-7-8-15-13(2,3)4/h11,14-15H,5-10H2,1-4H3. The van der Waals surface area contributed by atoms with Gasteiger partial charge in [-0.1, -0.05) is 0 Å². The maximum absolute atomic E-state index is 12.0. The molecule has 17 heavy (non-hydrogen) atoms. The molecule has 0 bridgehead atoms. The second kappa shape index (κ2) is 6.36. The van der Waals surface area contributed by atoms with E-state index in [2.05, 4.69) is 31.4 Å². The minimum atomic E-state index is -0.0603. The van der Waals surface area contributed by atoms with Crippen LogP contribution in [0.2, 0.25) is 0 Å². The third kappa shape index (κ3) is 5.50. The summed E-state index contributed by atoms with van der Waals surface area (Å²) in [5.41, 5.74) is 0.143. The van der Waals surface area contributed by atoms with Gasteiger partial charge in [-0.05, 0) is 40.5 Å².